The van der Waals surface area contributed by atoms with E-state index in [4.69, 9.17) is 0 Å². The average Bonchev–Trinajstić information content (AvgIpc) is 2.48. The highest BCUT2D eigenvalue weighted by Crippen LogP contribution is 2.31. The highest BCUT2D eigenvalue weighted by Gasteiger charge is 2.15. The molecule has 2 aromatic carbocycles. The summed E-state index contributed by atoms with van der Waals surface area (Å²) in [5.74, 6) is -0.764. The molecule has 1 N–H and O–H groups in total. The van der Waals surface area contributed by atoms with Gasteiger partial charge in [-0.15, -0.1) is 0 Å². The van der Waals surface area contributed by atoms with Gasteiger partial charge in [-0.3, -0.25) is 0 Å². The van der Waals surface area contributed by atoms with Crippen molar-refractivity contribution in [2.75, 3.05) is 6.54 Å². The molecule has 0 aromatic heterocycles. The molecule has 0 radical (unpaired) electrons. The minimum absolute atomic E-state index is 0.0879. The summed E-state index contributed by atoms with van der Waals surface area (Å²) >= 11 is 0. The molecule has 1 unspecified atom stereocenters. The normalized spacial score (nSPS) is 12.4. The smallest absolute Gasteiger partial charge is 0.131 e. The maximum absolute atomic E-state index is 14.2. The molecule has 0 fully saturated rings. The van der Waals surface area contributed by atoms with Crippen LogP contribution in [0.1, 0.15) is 37.4 Å². The van der Waals surface area contributed by atoms with Crippen LogP contribution in [0, 0.1) is 18.6 Å². The van der Waals surface area contributed by atoms with Gasteiger partial charge in [-0.25, -0.2) is 8.78 Å². The van der Waals surface area contributed by atoms with Crippen LogP contribution in [0.15, 0.2) is 36.4 Å². The number of benzene rings is 2. The maximum Gasteiger partial charge on any atom is 0.131 e. The molecule has 21 heavy (non-hydrogen) atoms. The van der Waals surface area contributed by atoms with Crippen LogP contribution >= 0.6 is 0 Å². The number of halogens is 2. The van der Waals surface area contributed by atoms with Crippen molar-refractivity contribution in [1.82, 2.24) is 5.32 Å². The van der Waals surface area contributed by atoms with Crippen molar-refractivity contribution in [1.29, 1.82) is 0 Å². The number of aryl methyl sites for hydroxylation is 1. The topological polar surface area (TPSA) is 12.0 Å². The van der Waals surface area contributed by atoms with Crippen LogP contribution < -0.4 is 5.32 Å². The molecule has 0 saturated heterocycles. The van der Waals surface area contributed by atoms with Crippen LogP contribution in [0.5, 0.6) is 0 Å². The SMILES string of the molecule is CCCNC(C)c1ccccc1-c1cc(F)c(C)cc1F. The van der Waals surface area contributed by atoms with Gasteiger partial charge < -0.3 is 5.32 Å². The predicted octanol–water partition coefficient (Wildman–Crippen LogP) is 5.00. The van der Waals surface area contributed by atoms with Crippen LogP contribution in [0.25, 0.3) is 11.1 Å². The number of hydrogen-bond acceptors (Lipinski definition) is 1. The first-order valence-electron chi connectivity index (χ1n) is 7.33. The van der Waals surface area contributed by atoms with E-state index in [1.54, 1.807) is 6.92 Å². The maximum atomic E-state index is 14.2. The molecule has 0 bridgehead atoms. The molecule has 0 aliphatic rings. The molecule has 0 spiro atoms. The van der Waals surface area contributed by atoms with Gasteiger partial charge in [0.05, 0.1) is 0 Å². The molecule has 0 amide bonds. The summed E-state index contributed by atoms with van der Waals surface area (Å²) in [6, 6.07) is 10.2. The second-order valence-corrected chi connectivity index (χ2v) is 5.34. The largest absolute Gasteiger partial charge is 0.310 e. The van der Waals surface area contributed by atoms with E-state index in [1.165, 1.54) is 12.1 Å². The molecule has 1 nitrogen and oxygen atoms in total. The van der Waals surface area contributed by atoms with E-state index in [1.807, 2.05) is 31.2 Å². The first kappa shape index (κ1) is 15.6. The molecule has 112 valence electrons. The highest BCUT2D eigenvalue weighted by molar-refractivity contribution is 5.69. The Bertz CT molecular complexity index is 623. The van der Waals surface area contributed by atoms with Gasteiger partial charge in [0, 0.05) is 11.6 Å². The molecule has 2 aromatic rings. The van der Waals surface area contributed by atoms with Crippen molar-refractivity contribution in [2.45, 2.75) is 33.2 Å². The summed E-state index contributed by atoms with van der Waals surface area (Å²) in [5.41, 5.74) is 2.36. The van der Waals surface area contributed by atoms with Gasteiger partial charge in [-0.2, -0.15) is 0 Å². The second-order valence-electron chi connectivity index (χ2n) is 5.34. The standard InChI is InChI=1S/C18H21F2N/c1-4-9-21-13(3)14-7-5-6-8-15(14)16-11-17(19)12(2)10-18(16)20/h5-8,10-11,13,21H,4,9H2,1-3H3. The first-order valence-corrected chi connectivity index (χ1v) is 7.33. The Labute approximate surface area is 125 Å². The van der Waals surface area contributed by atoms with E-state index in [0.717, 1.165) is 24.1 Å². The molecule has 0 saturated carbocycles. The van der Waals surface area contributed by atoms with Crippen molar-refractivity contribution in [3.8, 4) is 11.1 Å². The van der Waals surface area contributed by atoms with E-state index in [2.05, 4.69) is 12.2 Å². The first-order chi connectivity index (χ1) is 10.0. The lowest BCUT2D eigenvalue weighted by Gasteiger charge is -2.18. The van der Waals surface area contributed by atoms with Gasteiger partial charge >= 0.3 is 0 Å². The Hall–Kier alpha value is -1.74. The van der Waals surface area contributed by atoms with Gasteiger partial charge in [-0.1, -0.05) is 31.2 Å². The predicted molar refractivity (Wildman–Crippen MR) is 83.2 cm³/mol. The quantitative estimate of drug-likeness (QED) is 0.816. The third-order valence-corrected chi connectivity index (χ3v) is 3.67. The summed E-state index contributed by atoms with van der Waals surface area (Å²) in [4.78, 5) is 0. The molecule has 0 heterocycles. The summed E-state index contributed by atoms with van der Waals surface area (Å²) in [6.45, 7) is 6.59. The Balaban J connectivity index is 2.47. The van der Waals surface area contributed by atoms with E-state index >= 15 is 0 Å². The minimum Gasteiger partial charge on any atom is -0.310 e. The summed E-state index contributed by atoms with van der Waals surface area (Å²) in [5, 5.41) is 3.39. The van der Waals surface area contributed by atoms with Crippen molar-refractivity contribution in [3.05, 3.63) is 59.2 Å². The lowest BCUT2D eigenvalue weighted by molar-refractivity contribution is 0.570. The van der Waals surface area contributed by atoms with E-state index in [-0.39, 0.29) is 17.7 Å². The van der Waals surface area contributed by atoms with Crippen LogP contribution in [0.4, 0.5) is 8.78 Å². The summed E-state index contributed by atoms with van der Waals surface area (Å²) in [7, 11) is 0. The second kappa shape index (κ2) is 6.81. The summed E-state index contributed by atoms with van der Waals surface area (Å²) < 4.78 is 28.0. The number of nitrogens with one attached hydrogen (secondary N) is 1. The number of rotatable bonds is 5. The van der Waals surface area contributed by atoms with Crippen molar-refractivity contribution >= 4 is 0 Å². The van der Waals surface area contributed by atoms with Crippen molar-refractivity contribution in [2.24, 2.45) is 0 Å². The van der Waals surface area contributed by atoms with Crippen molar-refractivity contribution < 1.29 is 8.78 Å². The molecule has 2 rings (SSSR count). The fourth-order valence-electron chi connectivity index (χ4n) is 2.44. The Morgan fingerprint density at radius 1 is 1.05 bits per heavy atom. The zero-order valence-electron chi connectivity index (χ0n) is 12.7. The van der Waals surface area contributed by atoms with E-state index in [9.17, 15) is 8.78 Å². The fourth-order valence-corrected chi connectivity index (χ4v) is 2.44. The Morgan fingerprint density at radius 3 is 2.48 bits per heavy atom. The molecule has 3 heteroatoms. The van der Waals surface area contributed by atoms with Gasteiger partial charge in [0.15, 0.2) is 0 Å². The van der Waals surface area contributed by atoms with Crippen LogP contribution in [-0.2, 0) is 0 Å². The lowest BCUT2D eigenvalue weighted by Crippen LogP contribution is -2.19. The Morgan fingerprint density at radius 2 is 1.76 bits per heavy atom. The molecule has 1 atom stereocenters. The van der Waals surface area contributed by atoms with Crippen LogP contribution in [-0.4, -0.2) is 6.54 Å². The Kier molecular flexibility index (Phi) is 5.07. The minimum atomic E-state index is -0.385. The third kappa shape index (κ3) is 3.48. The fraction of sp³-hybridized carbons (Fsp3) is 0.333. The van der Waals surface area contributed by atoms with Gasteiger partial charge in [0.2, 0.25) is 0 Å². The van der Waals surface area contributed by atoms with Gasteiger partial charge in [0.25, 0.3) is 0 Å². The average molecular weight is 289 g/mol. The van der Waals surface area contributed by atoms with Gasteiger partial charge in [-0.05, 0) is 55.6 Å². The molecular formula is C18H21F2N. The zero-order chi connectivity index (χ0) is 15.4. The van der Waals surface area contributed by atoms with Crippen molar-refractivity contribution in [3.63, 3.8) is 0 Å². The monoisotopic (exact) mass is 289 g/mol. The van der Waals surface area contributed by atoms with E-state index < -0.39 is 0 Å². The van der Waals surface area contributed by atoms with E-state index in [0.29, 0.717) is 11.1 Å². The molecule has 0 aliphatic carbocycles. The zero-order valence-corrected chi connectivity index (χ0v) is 12.7. The van der Waals surface area contributed by atoms with Crippen LogP contribution in [0.3, 0.4) is 0 Å². The molecular weight excluding hydrogens is 268 g/mol. The molecule has 0 aliphatic heterocycles. The highest BCUT2D eigenvalue weighted by atomic mass is 19.1. The number of hydrogen-bond donors (Lipinski definition) is 1. The lowest BCUT2D eigenvalue weighted by atomic mass is 9.94. The third-order valence-electron chi connectivity index (χ3n) is 3.67. The van der Waals surface area contributed by atoms with Crippen LogP contribution in [0.2, 0.25) is 0 Å². The van der Waals surface area contributed by atoms with Gasteiger partial charge in [0.1, 0.15) is 11.6 Å². The summed E-state index contributed by atoms with van der Waals surface area (Å²) in [6.07, 6.45) is 1.03.